The first-order valence-electron chi connectivity index (χ1n) is 7.64. The topological polar surface area (TPSA) is 49.9 Å². The van der Waals surface area contributed by atoms with E-state index in [-0.39, 0.29) is 32.1 Å². The predicted octanol–water partition coefficient (Wildman–Crippen LogP) is 1.48. The maximum absolute atomic E-state index is 12.3. The van der Waals surface area contributed by atoms with Crippen LogP contribution in [0.15, 0.2) is 30.3 Å². The van der Waals surface area contributed by atoms with Crippen LogP contribution in [0.4, 0.5) is 13.2 Å². The van der Waals surface area contributed by atoms with Crippen molar-refractivity contribution < 1.29 is 27.5 Å². The second kappa shape index (κ2) is 8.14. The van der Waals surface area contributed by atoms with Crippen molar-refractivity contribution >= 4 is 11.9 Å². The molecule has 1 amide bonds. The molecular weight excluding hydrogens is 325 g/mol. The van der Waals surface area contributed by atoms with E-state index in [1.807, 2.05) is 35.2 Å². The van der Waals surface area contributed by atoms with Crippen LogP contribution < -0.4 is 0 Å². The molecule has 0 N–H and O–H groups in total. The average molecular weight is 344 g/mol. The predicted molar refractivity (Wildman–Crippen MR) is 80.2 cm³/mol. The van der Waals surface area contributed by atoms with E-state index in [2.05, 4.69) is 0 Å². The van der Waals surface area contributed by atoms with Crippen LogP contribution in [0.1, 0.15) is 5.56 Å². The first-order valence-corrected chi connectivity index (χ1v) is 7.64. The molecule has 1 aliphatic rings. The minimum absolute atomic E-state index is 0.0241. The van der Waals surface area contributed by atoms with E-state index in [9.17, 15) is 22.8 Å². The zero-order valence-corrected chi connectivity index (χ0v) is 13.1. The lowest BCUT2D eigenvalue weighted by molar-refractivity contribution is -0.187. The molecule has 0 bridgehead atoms. The summed E-state index contributed by atoms with van der Waals surface area (Å²) >= 11 is 0. The van der Waals surface area contributed by atoms with E-state index in [1.165, 1.54) is 0 Å². The maximum Gasteiger partial charge on any atom is 0.471 e. The van der Waals surface area contributed by atoms with Crippen LogP contribution in [0.5, 0.6) is 0 Å². The minimum Gasteiger partial charge on any atom is -0.464 e. The third-order valence-electron chi connectivity index (χ3n) is 3.76. The Kier molecular flexibility index (Phi) is 6.19. The number of amides is 1. The molecule has 0 atom stereocenters. The highest BCUT2D eigenvalue weighted by Gasteiger charge is 2.43. The number of carbonyl (C=O) groups excluding carboxylic acids is 2. The molecule has 132 valence electrons. The number of benzene rings is 1. The molecule has 24 heavy (non-hydrogen) atoms. The van der Waals surface area contributed by atoms with Crippen LogP contribution in [0.25, 0.3) is 0 Å². The summed E-state index contributed by atoms with van der Waals surface area (Å²) in [5.41, 5.74) is 0.863. The zero-order valence-electron chi connectivity index (χ0n) is 13.1. The Hall–Kier alpha value is -2.09. The third-order valence-corrected chi connectivity index (χ3v) is 3.76. The number of piperazine rings is 1. The van der Waals surface area contributed by atoms with Crippen LogP contribution in [0.2, 0.25) is 0 Å². The quantitative estimate of drug-likeness (QED) is 0.760. The molecule has 1 saturated heterocycles. The number of hydrogen-bond donors (Lipinski definition) is 0. The van der Waals surface area contributed by atoms with Gasteiger partial charge in [0.2, 0.25) is 0 Å². The highest BCUT2D eigenvalue weighted by Crippen LogP contribution is 2.19. The molecule has 5 nitrogen and oxygen atoms in total. The third kappa shape index (κ3) is 5.52. The van der Waals surface area contributed by atoms with Gasteiger partial charge >= 0.3 is 18.1 Å². The summed E-state index contributed by atoms with van der Waals surface area (Å²) in [5.74, 6) is -2.14. The number of nitrogens with zero attached hydrogens (tertiary/aromatic N) is 2. The maximum atomic E-state index is 12.3. The summed E-state index contributed by atoms with van der Waals surface area (Å²) in [6.45, 7) is 1.33. The number of hydrogen-bond acceptors (Lipinski definition) is 4. The number of halogens is 3. The SMILES string of the molecule is O=C(Cc1ccccc1)OCCN1CCN(C(=O)C(F)(F)F)CC1. The van der Waals surface area contributed by atoms with E-state index in [4.69, 9.17) is 4.74 Å². The lowest BCUT2D eigenvalue weighted by atomic mass is 10.2. The highest BCUT2D eigenvalue weighted by atomic mass is 19.4. The summed E-state index contributed by atoms with van der Waals surface area (Å²) in [7, 11) is 0. The Morgan fingerprint density at radius 3 is 2.25 bits per heavy atom. The molecule has 0 aromatic heterocycles. The van der Waals surface area contributed by atoms with E-state index < -0.39 is 12.1 Å². The van der Waals surface area contributed by atoms with Gasteiger partial charge in [-0.2, -0.15) is 13.2 Å². The van der Waals surface area contributed by atoms with Crippen molar-refractivity contribution in [1.82, 2.24) is 9.80 Å². The van der Waals surface area contributed by atoms with Crippen molar-refractivity contribution in [2.45, 2.75) is 12.6 Å². The van der Waals surface area contributed by atoms with E-state index >= 15 is 0 Å². The van der Waals surface area contributed by atoms with Crippen molar-refractivity contribution in [3.05, 3.63) is 35.9 Å². The van der Waals surface area contributed by atoms with Crippen molar-refractivity contribution in [2.24, 2.45) is 0 Å². The van der Waals surface area contributed by atoms with E-state index in [0.29, 0.717) is 19.6 Å². The molecule has 0 unspecified atom stereocenters. The normalized spacial score (nSPS) is 16.0. The fraction of sp³-hybridized carbons (Fsp3) is 0.500. The Labute approximate surface area is 138 Å². The first kappa shape index (κ1) is 18.3. The number of esters is 1. The molecule has 1 aliphatic heterocycles. The highest BCUT2D eigenvalue weighted by molar-refractivity contribution is 5.81. The molecule has 1 fully saturated rings. The fourth-order valence-electron chi connectivity index (χ4n) is 2.46. The van der Waals surface area contributed by atoms with Gasteiger partial charge in [-0.15, -0.1) is 0 Å². The standard InChI is InChI=1S/C16H19F3N2O3/c17-16(18,19)15(23)21-8-6-20(7-9-21)10-11-24-14(22)12-13-4-2-1-3-5-13/h1-5H,6-12H2. The van der Waals surface area contributed by atoms with Gasteiger partial charge in [0.1, 0.15) is 6.61 Å². The van der Waals surface area contributed by atoms with Gasteiger partial charge in [-0.3, -0.25) is 14.5 Å². The Bertz CT molecular complexity index is 555. The Balaban J connectivity index is 1.64. The molecule has 0 saturated carbocycles. The van der Waals surface area contributed by atoms with Gasteiger partial charge in [0.15, 0.2) is 0 Å². The van der Waals surface area contributed by atoms with E-state index in [0.717, 1.165) is 10.5 Å². The van der Waals surface area contributed by atoms with Gasteiger partial charge in [0.05, 0.1) is 6.42 Å². The van der Waals surface area contributed by atoms with Gasteiger partial charge in [0.25, 0.3) is 0 Å². The van der Waals surface area contributed by atoms with Crippen molar-refractivity contribution in [1.29, 1.82) is 0 Å². The van der Waals surface area contributed by atoms with Gasteiger partial charge in [0, 0.05) is 32.7 Å². The largest absolute Gasteiger partial charge is 0.471 e. The molecule has 2 rings (SSSR count). The molecule has 1 heterocycles. The molecule has 8 heteroatoms. The number of carbonyl (C=O) groups is 2. The van der Waals surface area contributed by atoms with Crippen LogP contribution in [-0.4, -0.2) is 67.2 Å². The zero-order chi connectivity index (χ0) is 17.6. The second-order valence-electron chi connectivity index (χ2n) is 5.51. The molecule has 0 radical (unpaired) electrons. The average Bonchev–Trinajstić information content (AvgIpc) is 2.55. The minimum atomic E-state index is -4.82. The van der Waals surface area contributed by atoms with Crippen molar-refractivity contribution in [2.75, 3.05) is 39.3 Å². The molecule has 1 aromatic rings. The summed E-state index contributed by atoms with van der Waals surface area (Å²) in [5, 5.41) is 0. The Morgan fingerprint density at radius 1 is 1.04 bits per heavy atom. The van der Waals surface area contributed by atoms with Crippen LogP contribution in [0, 0.1) is 0 Å². The number of ether oxygens (including phenoxy) is 1. The summed E-state index contributed by atoms with van der Waals surface area (Å²) < 4.78 is 42.2. The summed E-state index contributed by atoms with van der Waals surface area (Å²) in [4.78, 5) is 25.5. The molecule has 0 spiro atoms. The van der Waals surface area contributed by atoms with Gasteiger partial charge in [-0.05, 0) is 5.56 Å². The second-order valence-corrected chi connectivity index (χ2v) is 5.51. The lowest BCUT2D eigenvalue weighted by Crippen LogP contribution is -2.52. The van der Waals surface area contributed by atoms with Gasteiger partial charge < -0.3 is 9.64 Å². The van der Waals surface area contributed by atoms with Crippen molar-refractivity contribution in [3.63, 3.8) is 0 Å². The number of rotatable bonds is 5. The molecule has 0 aliphatic carbocycles. The Morgan fingerprint density at radius 2 is 1.67 bits per heavy atom. The number of alkyl halides is 3. The van der Waals surface area contributed by atoms with Gasteiger partial charge in [-0.1, -0.05) is 30.3 Å². The monoisotopic (exact) mass is 344 g/mol. The first-order chi connectivity index (χ1) is 11.4. The van der Waals surface area contributed by atoms with Crippen molar-refractivity contribution in [3.8, 4) is 0 Å². The fourth-order valence-corrected chi connectivity index (χ4v) is 2.46. The van der Waals surface area contributed by atoms with Crippen LogP contribution in [0.3, 0.4) is 0 Å². The summed E-state index contributed by atoms with van der Waals surface area (Å²) in [6, 6.07) is 9.20. The smallest absolute Gasteiger partial charge is 0.464 e. The van der Waals surface area contributed by atoms with Crippen LogP contribution >= 0.6 is 0 Å². The lowest BCUT2D eigenvalue weighted by Gasteiger charge is -2.34. The summed E-state index contributed by atoms with van der Waals surface area (Å²) in [6.07, 6.45) is -4.64. The van der Waals surface area contributed by atoms with Crippen LogP contribution in [-0.2, 0) is 20.7 Å². The van der Waals surface area contributed by atoms with Gasteiger partial charge in [-0.25, -0.2) is 0 Å². The molecule has 1 aromatic carbocycles. The molecular formula is C16H19F3N2O3. The van der Waals surface area contributed by atoms with E-state index in [1.54, 1.807) is 0 Å².